The highest BCUT2D eigenvalue weighted by molar-refractivity contribution is 7.04. The van der Waals surface area contributed by atoms with E-state index in [4.69, 9.17) is 0 Å². The minimum Gasteiger partial charge on any atom is -0.341 e. The zero-order valence-electron chi connectivity index (χ0n) is 25.6. The number of hydrogen-bond acceptors (Lipinski definition) is 0. The molecule has 0 atom stereocenters. The molecule has 3 heteroatoms. The van der Waals surface area contributed by atoms with Crippen LogP contribution in [0.3, 0.4) is 0 Å². The summed E-state index contributed by atoms with van der Waals surface area (Å²) in [5.74, 6) is 0. The number of nitrogens with zero attached hydrogens (tertiary/aromatic N) is 2. The fourth-order valence-electron chi connectivity index (χ4n) is 8.65. The molecule has 10 aromatic rings. The monoisotopic (exact) mass is 612 g/mol. The number of hydrogen-bond donors (Lipinski definition) is 0. The number of rotatable bonds is 2. The summed E-state index contributed by atoms with van der Waals surface area (Å²) in [6.07, 6.45) is 0. The molecule has 47 heavy (non-hydrogen) atoms. The molecule has 218 valence electrons. The summed E-state index contributed by atoms with van der Waals surface area (Å²) in [6, 6.07) is 64.0. The van der Waals surface area contributed by atoms with E-state index in [1.54, 1.807) is 0 Å². The van der Waals surface area contributed by atoms with Crippen molar-refractivity contribution in [3.8, 4) is 11.4 Å². The second-order valence-corrected chi connectivity index (χ2v) is 16.3. The van der Waals surface area contributed by atoms with Crippen LogP contribution in [0.2, 0.25) is 0 Å². The van der Waals surface area contributed by atoms with Gasteiger partial charge in [0, 0.05) is 21.8 Å². The molecule has 2 nitrogen and oxygen atoms in total. The number of benzene rings is 8. The minimum absolute atomic E-state index is 1.27. The van der Waals surface area contributed by atoms with Crippen LogP contribution in [0.5, 0.6) is 0 Å². The molecular weight excluding hydrogens is 585 g/mol. The lowest BCUT2D eigenvalue weighted by molar-refractivity contribution is 1.20. The largest absolute Gasteiger partial charge is 0.341 e. The van der Waals surface area contributed by atoms with Crippen molar-refractivity contribution in [1.82, 2.24) is 8.47 Å². The Labute approximate surface area is 272 Å². The summed E-state index contributed by atoms with van der Waals surface area (Å²) in [5, 5.41) is 15.7. The molecule has 3 heterocycles. The van der Waals surface area contributed by atoms with Gasteiger partial charge in [-0.15, -0.1) is 0 Å². The maximum atomic E-state index is 2.79. The first-order chi connectivity index (χ1) is 23.3. The SMILES string of the molecule is c1ccc2cc3c(cc4n3[Si](c3cccc5ccccc35)(c3cccc5ccccc35)n3c-4cc4cc5ccccc5cc43)cc2c1. The van der Waals surface area contributed by atoms with Gasteiger partial charge in [-0.25, -0.2) is 0 Å². The first kappa shape index (κ1) is 25.3. The summed E-state index contributed by atoms with van der Waals surface area (Å²) in [4.78, 5) is 0. The number of fused-ring (bicyclic) bond motifs is 11. The van der Waals surface area contributed by atoms with E-state index in [1.165, 1.54) is 86.7 Å². The summed E-state index contributed by atoms with van der Waals surface area (Å²) >= 11 is 0. The second kappa shape index (κ2) is 9.09. The Morgan fingerprint density at radius 2 is 0.660 bits per heavy atom. The third-order valence-electron chi connectivity index (χ3n) is 10.6. The third kappa shape index (κ3) is 3.24. The predicted molar refractivity (Wildman–Crippen MR) is 202 cm³/mol. The normalized spacial score (nSPS) is 13.7. The standard InChI is InChI=1S/C44H28N2Si/c1-3-15-33-25-39-35(23-31(33)13-1)27-41-42-28-36-24-32-14-2-4-16-34(32)26-40(36)46(42)47(45(39)41,43-21-9-17-29-11-5-7-19-37(29)43)44-22-10-18-30-12-6-8-20-38(30)44/h1-28H. The van der Waals surface area contributed by atoms with E-state index in [0.29, 0.717) is 0 Å². The van der Waals surface area contributed by atoms with E-state index >= 15 is 0 Å². The quantitative estimate of drug-likeness (QED) is 0.172. The van der Waals surface area contributed by atoms with Gasteiger partial charge in [0.2, 0.25) is 0 Å². The summed E-state index contributed by atoms with van der Waals surface area (Å²) < 4.78 is 5.59. The van der Waals surface area contributed by atoms with Gasteiger partial charge in [-0.2, -0.15) is 0 Å². The highest BCUT2D eigenvalue weighted by Crippen LogP contribution is 2.45. The fraction of sp³-hybridized carbons (Fsp3) is 0. The van der Waals surface area contributed by atoms with Gasteiger partial charge < -0.3 is 8.47 Å². The molecular formula is C44H28N2Si. The Balaban J connectivity index is 1.44. The van der Waals surface area contributed by atoms with Crippen molar-refractivity contribution in [2.24, 2.45) is 0 Å². The van der Waals surface area contributed by atoms with Crippen LogP contribution in [0.4, 0.5) is 0 Å². The van der Waals surface area contributed by atoms with Gasteiger partial charge in [0.25, 0.3) is 0 Å². The topological polar surface area (TPSA) is 9.86 Å². The molecule has 1 aliphatic rings. The lowest BCUT2D eigenvalue weighted by Gasteiger charge is -2.35. The lowest BCUT2D eigenvalue weighted by atomic mass is 10.1. The zero-order valence-corrected chi connectivity index (χ0v) is 26.6. The van der Waals surface area contributed by atoms with E-state index in [-0.39, 0.29) is 0 Å². The Kier molecular flexibility index (Phi) is 4.90. The maximum absolute atomic E-state index is 3.12. The molecule has 11 rings (SSSR count). The van der Waals surface area contributed by atoms with Crippen molar-refractivity contribution in [2.45, 2.75) is 0 Å². The first-order valence-electron chi connectivity index (χ1n) is 16.4. The van der Waals surface area contributed by atoms with E-state index in [2.05, 4.69) is 178 Å². The van der Waals surface area contributed by atoms with Crippen molar-refractivity contribution in [3.63, 3.8) is 0 Å². The molecule has 0 amide bonds. The molecule has 2 aromatic heterocycles. The van der Waals surface area contributed by atoms with E-state index < -0.39 is 8.40 Å². The predicted octanol–water partition coefficient (Wildman–Crippen LogP) is 9.84. The van der Waals surface area contributed by atoms with Gasteiger partial charge in [-0.05, 0) is 89.9 Å². The van der Waals surface area contributed by atoms with Gasteiger partial charge in [-0.1, -0.05) is 133 Å². The zero-order chi connectivity index (χ0) is 30.7. The lowest BCUT2D eigenvalue weighted by Crippen LogP contribution is -2.68. The van der Waals surface area contributed by atoms with Crippen LogP contribution in [-0.4, -0.2) is 16.9 Å². The molecule has 0 bridgehead atoms. The molecule has 0 aliphatic carbocycles. The second-order valence-electron chi connectivity index (χ2n) is 13.0. The molecule has 1 aliphatic heterocycles. The van der Waals surface area contributed by atoms with Crippen molar-refractivity contribution < 1.29 is 0 Å². The fourth-order valence-corrected chi connectivity index (χ4v) is 14.1. The molecule has 0 saturated heterocycles. The summed E-state index contributed by atoms with van der Waals surface area (Å²) in [6.45, 7) is 0. The molecule has 0 radical (unpaired) electrons. The van der Waals surface area contributed by atoms with E-state index in [1.807, 2.05) is 0 Å². The van der Waals surface area contributed by atoms with Crippen LogP contribution in [0.25, 0.3) is 76.3 Å². The highest BCUT2D eigenvalue weighted by atomic mass is 28.3. The molecule has 0 unspecified atom stereocenters. The average Bonchev–Trinajstić information content (AvgIpc) is 3.76. The van der Waals surface area contributed by atoms with Crippen LogP contribution in [0, 0.1) is 0 Å². The van der Waals surface area contributed by atoms with Crippen LogP contribution >= 0.6 is 0 Å². The number of aromatic nitrogens is 2. The summed E-state index contributed by atoms with van der Waals surface area (Å²) in [5.41, 5.74) is 5.18. The van der Waals surface area contributed by atoms with Crippen molar-refractivity contribution in [2.75, 3.05) is 0 Å². The van der Waals surface area contributed by atoms with Gasteiger partial charge in [0.15, 0.2) is 0 Å². The molecule has 0 saturated carbocycles. The summed E-state index contributed by atoms with van der Waals surface area (Å²) in [7, 11) is -3.12. The Bertz CT molecular complexity index is 2710. The smallest absolute Gasteiger partial charge is 0.341 e. The van der Waals surface area contributed by atoms with Crippen molar-refractivity contribution >= 4 is 83.7 Å². The average molecular weight is 613 g/mol. The Morgan fingerprint density at radius 1 is 0.298 bits per heavy atom. The van der Waals surface area contributed by atoms with Crippen molar-refractivity contribution in [3.05, 3.63) is 170 Å². The van der Waals surface area contributed by atoms with Crippen LogP contribution in [0.1, 0.15) is 0 Å². The maximum Gasteiger partial charge on any atom is 0.341 e. The minimum atomic E-state index is -3.12. The Hall–Kier alpha value is -5.90. The van der Waals surface area contributed by atoms with E-state index in [9.17, 15) is 0 Å². The molecule has 0 spiro atoms. The van der Waals surface area contributed by atoms with Crippen LogP contribution < -0.4 is 10.4 Å². The molecule has 0 N–H and O–H groups in total. The van der Waals surface area contributed by atoms with Gasteiger partial charge >= 0.3 is 8.40 Å². The Morgan fingerprint density at radius 3 is 1.11 bits per heavy atom. The highest BCUT2D eigenvalue weighted by Gasteiger charge is 2.53. The molecule has 8 aromatic carbocycles. The first-order valence-corrected chi connectivity index (χ1v) is 18.2. The van der Waals surface area contributed by atoms with Gasteiger partial charge in [0.05, 0.1) is 11.4 Å². The van der Waals surface area contributed by atoms with Crippen molar-refractivity contribution in [1.29, 1.82) is 0 Å². The van der Waals surface area contributed by atoms with Crippen LogP contribution in [-0.2, 0) is 0 Å². The van der Waals surface area contributed by atoms with Gasteiger partial charge in [0.1, 0.15) is 0 Å². The third-order valence-corrected chi connectivity index (χ3v) is 15.2. The van der Waals surface area contributed by atoms with E-state index in [0.717, 1.165) is 0 Å². The van der Waals surface area contributed by atoms with Gasteiger partial charge in [-0.3, -0.25) is 0 Å². The molecule has 0 fully saturated rings. The van der Waals surface area contributed by atoms with Crippen LogP contribution in [0.15, 0.2) is 170 Å².